The average molecular weight is 1010 g/mol. The minimum absolute atomic E-state index is 0.630. The molecule has 13 aromatic rings. The fourth-order valence-corrected chi connectivity index (χ4v) is 12.4. The van der Waals surface area contributed by atoms with Crippen molar-refractivity contribution >= 4 is 44.9 Å². The van der Waals surface area contributed by atoms with Gasteiger partial charge >= 0.3 is 0 Å². The maximum atomic E-state index is 2.49. The summed E-state index contributed by atoms with van der Waals surface area (Å²) in [7, 11) is 0. The number of nitrogens with zero attached hydrogens (tertiary/aromatic N) is 2. The summed E-state index contributed by atoms with van der Waals surface area (Å²) in [5, 5.41) is 2.41. The molecule has 14 rings (SSSR count). The van der Waals surface area contributed by atoms with Crippen LogP contribution in [0.15, 0.2) is 328 Å². The molecular formula is C77H54N2. The predicted octanol–water partition coefficient (Wildman–Crippen LogP) is 20.8. The van der Waals surface area contributed by atoms with Crippen LogP contribution in [0.2, 0.25) is 0 Å². The Bertz CT molecular complexity index is 4240. The topological polar surface area (TPSA) is 6.48 Å². The van der Waals surface area contributed by atoms with Gasteiger partial charge in [-0.3, -0.25) is 0 Å². The first kappa shape index (κ1) is 47.2. The van der Waals surface area contributed by atoms with Crippen LogP contribution in [0, 0.1) is 0 Å². The molecule has 0 amide bonds. The van der Waals surface area contributed by atoms with Crippen molar-refractivity contribution in [1.82, 2.24) is 0 Å². The van der Waals surface area contributed by atoms with Gasteiger partial charge in [-0.1, -0.05) is 261 Å². The maximum absolute atomic E-state index is 2.49. The molecule has 372 valence electrons. The highest BCUT2D eigenvalue weighted by Crippen LogP contribution is 2.58. The zero-order chi connectivity index (χ0) is 52.5. The van der Waals surface area contributed by atoms with Gasteiger partial charge in [-0.25, -0.2) is 0 Å². The highest BCUT2D eigenvalue weighted by molar-refractivity contribution is 6.05. The smallest absolute Gasteiger partial charge is 0.0714 e. The van der Waals surface area contributed by atoms with Crippen LogP contribution in [-0.2, 0) is 5.41 Å². The summed E-state index contributed by atoms with van der Waals surface area (Å²) >= 11 is 0. The van der Waals surface area contributed by atoms with Gasteiger partial charge in [0.15, 0.2) is 0 Å². The third-order valence-electron chi connectivity index (χ3n) is 15.9. The van der Waals surface area contributed by atoms with Crippen molar-refractivity contribution in [3.8, 4) is 55.6 Å². The van der Waals surface area contributed by atoms with Gasteiger partial charge in [-0.05, 0) is 150 Å². The Morgan fingerprint density at radius 2 is 0.734 bits per heavy atom. The summed E-state index contributed by atoms with van der Waals surface area (Å²) in [4.78, 5) is 4.92. The van der Waals surface area contributed by atoms with Crippen LogP contribution in [0.25, 0.3) is 66.4 Å². The van der Waals surface area contributed by atoms with Gasteiger partial charge in [0, 0.05) is 34.0 Å². The van der Waals surface area contributed by atoms with Crippen molar-refractivity contribution in [3.63, 3.8) is 0 Å². The van der Waals surface area contributed by atoms with Gasteiger partial charge < -0.3 is 9.80 Å². The van der Waals surface area contributed by atoms with Gasteiger partial charge in [-0.15, -0.1) is 0 Å². The van der Waals surface area contributed by atoms with E-state index in [2.05, 4.69) is 337 Å². The largest absolute Gasteiger partial charge is 0.310 e. The van der Waals surface area contributed by atoms with E-state index in [9.17, 15) is 0 Å². The molecule has 2 nitrogen and oxygen atoms in total. The lowest BCUT2D eigenvalue weighted by atomic mass is 9.67. The molecule has 0 aliphatic heterocycles. The van der Waals surface area contributed by atoms with Gasteiger partial charge in [0.05, 0.1) is 11.1 Å². The van der Waals surface area contributed by atoms with Crippen molar-refractivity contribution in [2.75, 3.05) is 9.80 Å². The lowest BCUT2D eigenvalue weighted by molar-refractivity contribution is 0.768. The van der Waals surface area contributed by atoms with E-state index in [0.29, 0.717) is 0 Å². The van der Waals surface area contributed by atoms with Crippen molar-refractivity contribution in [1.29, 1.82) is 0 Å². The fourth-order valence-electron chi connectivity index (χ4n) is 12.4. The third kappa shape index (κ3) is 8.39. The van der Waals surface area contributed by atoms with Gasteiger partial charge in [0.25, 0.3) is 0 Å². The molecule has 0 bridgehead atoms. The Kier molecular flexibility index (Phi) is 12.2. The van der Waals surface area contributed by atoms with Crippen molar-refractivity contribution < 1.29 is 0 Å². The molecule has 0 atom stereocenters. The van der Waals surface area contributed by atoms with Crippen molar-refractivity contribution in [2.45, 2.75) is 5.41 Å². The van der Waals surface area contributed by atoms with Crippen LogP contribution < -0.4 is 9.80 Å². The Labute approximate surface area is 463 Å². The van der Waals surface area contributed by atoms with Crippen LogP contribution in [0.3, 0.4) is 0 Å². The number of rotatable bonds is 12. The second-order valence-corrected chi connectivity index (χ2v) is 20.4. The van der Waals surface area contributed by atoms with E-state index in [1.54, 1.807) is 0 Å². The van der Waals surface area contributed by atoms with E-state index in [4.69, 9.17) is 0 Å². The molecule has 13 aromatic carbocycles. The molecule has 1 aliphatic carbocycles. The van der Waals surface area contributed by atoms with E-state index < -0.39 is 5.41 Å². The highest BCUT2D eigenvalue weighted by Gasteiger charge is 2.46. The van der Waals surface area contributed by atoms with Gasteiger partial charge in [-0.2, -0.15) is 0 Å². The Morgan fingerprint density at radius 1 is 0.228 bits per heavy atom. The lowest BCUT2D eigenvalue weighted by Gasteiger charge is -2.35. The predicted molar refractivity (Wildman–Crippen MR) is 332 cm³/mol. The van der Waals surface area contributed by atoms with Crippen LogP contribution in [0.4, 0.5) is 34.1 Å². The lowest BCUT2D eigenvalue weighted by Crippen LogP contribution is -2.28. The molecule has 0 spiro atoms. The molecule has 2 heteroatoms. The number of anilines is 6. The van der Waals surface area contributed by atoms with Crippen LogP contribution in [0.5, 0.6) is 0 Å². The third-order valence-corrected chi connectivity index (χ3v) is 15.9. The summed E-state index contributed by atoms with van der Waals surface area (Å²) in [5.41, 5.74) is 22.4. The molecule has 0 fully saturated rings. The van der Waals surface area contributed by atoms with Gasteiger partial charge in [0.1, 0.15) is 0 Å². The summed E-state index contributed by atoms with van der Waals surface area (Å²) < 4.78 is 0. The standard InChI is InChI=1S/C77H54N2/c1-8-26-55(27-9-1)59-45-49-73-72(52-59)71-48-46-65(54-74(71)77(73,61-33-14-4-15-34-61)62-35-16-5-17-36-62)78(63-37-18-6-19-38-63)66-50-60(70-47-44-57-30-22-23-42-69(57)76(70)58-31-12-3-13-32-58)51-67(53-66)79(64-39-20-7-21-40-64)75-43-25-24-41-68(75)56-28-10-2-11-29-56/h1-54H. The zero-order valence-corrected chi connectivity index (χ0v) is 43.6. The number of hydrogen-bond donors (Lipinski definition) is 0. The molecule has 79 heavy (non-hydrogen) atoms. The van der Waals surface area contributed by atoms with Crippen LogP contribution in [0.1, 0.15) is 22.3 Å². The zero-order valence-electron chi connectivity index (χ0n) is 43.6. The van der Waals surface area contributed by atoms with E-state index in [-0.39, 0.29) is 0 Å². The minimum atomic E-state index is -0.630. The Hall–Kier alpha value is -10.3. The molecular weight excluding hydrogens is 953 g/mol. The number of benzene rings is 13. The first-order chi connectivity index (χ1) is 39.2. The fraction of sp³-hybridized carbons (Fsp3) is 0.0130. The molecule has 0 aromatic heterocycles. The molecule has 0 heterocycles. The Morgan fingerprint density at radius 3 is 1.38 bits per heavy atom. The molecule has 0 radical (unpaired) electrons. The summed E-state index contributed by atoms with van der Waals surface area (Å²) in [6.45, 7) is 0. The molecule has 0 saturated heterocycles. The normalized spacial score (nSPS) is 12.2. The molecule has 0 N–H and O–H groups in total. The highest BCUT2D eigenvalue weighted by atomic mass is 15.2. The average Bonchev–Trinajstić information content (AvgIpc) is 3.24. The quantitative estimate of drug-likeness (QED) is 0.120. The van der Waals surface area contributed by atoms with E-state index >= 15 is 0 Å². The first-order valence-electron chi connectivity index (χ1n) is 27.2. The van der Waals surface area contributed by atoms with E-state index in [0.717, 1.165) is 56.4 Å². The minimum Gasteiger partial charge on any atom is -0.310 e. The number of hydrogen-bond acceptors (Lipinski definition) is 2. The Balaban J connectivity index is 1.07. The monoisotopic (exact) mass is 1010 g/mol. The number of para-hydroxylation sites is 3. The number of fused-ring (bicyclic) bond motifs is 4. The van der Waals surface area contributed by atoms with Crippen LogP contribution in [-0.4, -0.2) is 0 Å². The summed E-state index contributed by atoms with van der Waals surface area (Å²) in [6, 6.07) is 120. The summed E-state index contributed by atoms with van der Waals surface area (Å²) in [5.74, 6) is 0. The maximum Gasteiger partial charge on any atom is 0.0714 e. The molecule has 0 unspecified atom stereocenters. The van der Waals surface area contributed by atoms with Gasteiger partial charge in [0.2, 0.25) is 0 Å². The second kappa shape index (κ2) is 20.3. The first-order valence-corrected chi connectivity index (χ1v) is 27.2. The van der Waals surface area contributed by atoms with Crippen molar-refractivity contribution in [3.05, 3.63) is 350 Å². The van der Waals surface area contributed by atoms with E-state index in [1.165, 1.54) is 66.4 Å². The van der Waals surface area contributed by atoms with Crippen LogP contribution >= 0.6 is 0 Å². The second-order valence-electron chi connectivity index (χ2n) is 20.4. The summed E-state index contributed by atoms with van der Waals surface area (Å²) in [6.07, 6.45) is 0. The van der Waals surface area contributed by atoms with E-state index in [1.807, 2.05) is 0 Å². The SMILES string of the molecule is c1ccc(-c2ccc3c(c2)-c2ccc(N(c4ccccc4)c4cc(-c5ccc6ccccc6c5-c5ccccc5)cc(N(c5ccccc5)c5ccccc5-c5ccccc5)c4)cc2C3(c2ccccc2)c2ccccc2)cc1. The van der Waals surface area contributed by atoms with Crippen molar-refractivity contribution in [2.24, 2.45) is 0 Å². The molecule has 1 aliphatic rings. The molecule has 0 saturated carbocycles.